The van der Waals surface area contributed by atoms with Crippen molar-refractivity contribution in [1.29, 1.82) is 0 Å². The molecule has 37 heavy (non-hydrogen) atoms. The monoisotopic (exact) mass is 538 g/mol. The summed E-state index contributed by atoms with van der Waals surface area (Å²) in [6, 6.07) is 12.8. The third-order valence-corrected chi connectivity index (χ3v) is 7.55. The van der Waals surface area contributed by atoms with Gasteiger partial charge in [-0.25, -0.2) is 9.79 Å². The molecule has 2 heterocycles. The minimum absolute atomic E-state index is 0.240. The minimum Gasteiger partial charge on any atom is -0.493 e. The maximum atomic E-state index is 13.9. The van der Waals surface area contributed by atoms with Gasteiger partial charge in [0.2, 0.25) is 0 Å². The zero-order chi connectivity index (χ0) is 26.7. The van der Waals surface area contributed by atoms with Crippen LogP contribution in [0, 0.1) is 0 Å². The van der Waals surface area contributed by atoms with E-state index in [2.05, 4.69) is 4.99 Å². The van der Waals surface area contributed by atoms with Gasteiger partial charge in [0.15, 0.2) is 16.3 Å². The van der Waals surface area contributed by atoms with Crippen LogP contribution in [-0.4, -0.2) is 36.6 Å². The van der Waals surface area contributed by atoms with Crippen molar-refractivity contribution in [2.24, 2.45) is 4.99 Å². The van der Waals surface area contributed by atoms with Crippen molar-refractivity contribution in [1.82, 2.24) is 4.57 Å². The van der Waals surface area contributed by atoms with Gasteiger partial charge in [0.1, 0.15) is 0 Å². The highest BCUT2D eigenvalue weighted by Gasteiger charge is 2.33. The van der Waals surface area contributed by atoms with E-state index >= 15 is 0 Å². The number of allylic oxidation sites excluding steroid dienone is 1. The summed E-state index contributed by atoms with van der Waals surface area (Å²) in [5, 5.41) is 0. The number of aromatic nitrogens is 1. The van der Waals surface area contributed by atoms with Crippen molar-refractivity contribution < 1.29 is 19.0 Å². The molecule has 0 amide bonds. The second-order valence-corrected chi connectivity index (χ2v) is 10.5. The molecule has 4 rings (SSSR count). The van der Waals surface area contributed by atoms with Crippen LogP contribution in [0.5, 0.6) is 11.5 Å². The molecule has 0 aliphatic carbocycles. The number of ether oxygens (including phenoxy) is 3. The van der Waals surface area contributed by atoms with Gasteiger partial charge in [0, 0.05) is 10.5 Å². The molecule has 0 saturated heterocycles. The second kappa shape index (κ2) is 11.4. The van der Waals surface area contributed by atoms with Crippen LogP contribution >= 0.6 is 23.1 Å². The first kappa shape index (κ1) is 26.8. The van der Waals surface area contributed by atoms with Gasteiger partial charge >= 0.3 is 5.97 Å². The molecule has 7 nitrogen and oxygen atoms in total. The van der Waals surface area contributed by atoms with E-state index in [0.29, 0.717) is 38.7 Å². The summed E-state index contributed by atoms with van der Waals surface area (Å²) in [6.07, 6.45) is 3.49. The van der Waals surface area contributed by atoms with E-state index in [1.54, 1.807) is 50.3 Å². The lowest BCUT2D eigenvalue weighted by Crippen LogP contribution is -2.40. The second-order valence-electron chi connectivity index (χ2n) is 8.62. The van der Waals surface area contributed by atoms with E-state index in [9.17, 15) is 9.59 Å². The van der Waals surface area contributed by atoms with Crippen LogP contribution in [0.25, 0.3) is 6.08 Å². The van der Waals surface area contributed by atoms with Crippen molar-refractivity contribution in [3.05, 3.63) is 84.5 Å². The number of hydrogen-bond acceptors (Lipinski definition) is 8. The van der Waals surface area contributed by atoms with E-state index in [1.807, 2.05) is 55.6 Å². The Kier molecular flexibility index (Phi) is 8.24. The average Bonchev–Trinajstić information content (AvgIpc) is 3.18. The van der Waals surface area contributed by atoms with Gasteiger partial charge in [-0.1, -0.05) is 35.6 Å². The number of nitrogens with zero attached hydrogens (tertiary/aromatic N) is 2. The van der Waals surface area contributed by atoms with Gasteiger partial charge in [-0.15, -0.1) is 11.8 Å². The summed E-state index contributed by atoms with van der Waals surface area (Å²) in [7, 11) is 1.58. The van der Waals surface area contributed by atoms with Crippen molar-refractivity contribution in [3.63, 3.8) is 0 Å². The van der Waals surface area contributed by atoms with Gasteiger partial charge in [-0.05, 0) is 63.8 Å². The highest BCUT2D eigenvalue weighted by atomic mass is 32.2. The minimum atomic E-state index is -0.655. The number of carbonyl (C=O) groups is 1. The predicted octanol–water partition coefficient (Wildman–Crippen LogP) is 4.32. The lowest BCUT2D eigenvalue weighted by molar-refractivity contribution is -0.143. The normalized spacial score (nSPS) is 15.4. The molecule has 0 bridgehead atoms. The maximum absolute atomic E-state index is 13.9. The first-order chi connectivity index (χ1) is 17.8. The number of thioether (sulfide) groups is 1. The van der Waals surface area contributed by atoms with E-state index in [-0.39, 0.29) is 11.7 Å². The number of esters is 1. The first-order valence-electron chi connectivity index (χ1n) is 12.0. The molecule has 0 N–H and O–H groups in total. The number of fused-ring (bicyclic) bond motifs is 1. The molecule has 1 aliphatic heterocycles. The van der Waals surface area contributed by atoms with E-state index in [4.69, 9.17) is 14.2 Å². The smallest absolute Gasteiger partial charge is 0.338 e. The Labute approximate surface area is 224 Å². The van der Waals surface area contributed by atoms with Gasteiger partial charge in [-0.2, -0.15) is 0 Å². The molecule has 0 unspecified atom stereocenters. The Morgan fingerprint density at radius 3 is 2.57 bits per heavy atom. The first-order valence-corrected chi connectivity index (χ1v) is 14.0. The van der Waals surface area contributed by atoms with Crippen molar-refractivity contribution in [2.75, 3.05) is 20.0 Å². The molecule has 3 aromatic rings. The highest BCUT2D eigenvalue weighted by molar-refractivity contribution is 7.98. The summed E-state index contributed by atoms with van der Waals surface area (Å²) < 4.78 is 18.9. The third kappa shape index (κ3) is 5.38. The molecular formula is C28H30N2O5S2. The number of rotatable bonds is 8. The molecule has 1 aromatic heterocycles. The fourth-order valence-corrected chi connectivity index (χ4v) is 5.65. The quantitative estimate of drug-likeness (QED) is 0.314. The molecule has 194 valence electrons. The largest absolute Gasteiger partial charge is 0.493 e. The third-order valence-electron chi connectivity index (χ3n) is 5.82. The Balaban J connectivity index is 1.94. The summed E-state index contributed by atoms with van der Waals surface area (Å²) in [6.45, 7) is 7.74. The van der Waals surface area contributed by atoms with E-state index in [0.717, 1.165) is 16.0 Å². The Morgan fingerprint density at radius 2 is 1.95 bits per heavy atom. The fraction of sp³-hybridized carbons (Fsp3) is 0.321. The number of methoxy groups -OCH3 is 1. The van der Waals surface area contributed by atoms with Crippen LogP contribution in [0.15, 0.2) is 68.4 Å². The highest BCUT2D eigenvalue weighted by Crippen LogP contribution is 2.33. The molecular weight excluding hydrogens is 508 g/mol. The number of para-hydroxylation sites is 1. The van der Waals surface area contributed by atoms with Crippen LogP contribution in [-0.2, 0) is 9.53 Å². The molecule has 9 heteroatoms. The van der Waals surface area contributed by atoms with Crippen molar-refractivity contribution in [2.45, 2.75) is 44.7 Å². The van der Waals surface area contributed by atoms with Crippen molar-refractivity contribution >= 4 is 35.1 Å². The number of thiazole rings is 1. The van der Waals surface area contributed by atoms with Gasteiger partial charge in [0.05, 0.1) is 41.7 Å². The Hall–Kier alpha value is -3.30. The summed E-state index contributed by atoms with van der Waals surface area (Å²) in [4.78, 5) is 33.4. The number of hydrogen-bond donors (Lipinski definition) is 0. The Morgan fingerprint density at radius 1 is 1.22 bits per heavy atom. The lowest BCUT2D eigenvalue weighted by atomic mass is 9.96. The SMILES string of the molecule is CCOc1c(/C=c2\sc3n(c2=O)[C@@H](c2ccc(SC)cc2)C(C(=O)OC(C)C)=C(C)N=3)cccc1OC. The fourth-order valence-electron chi connectivity index (χ4n) is 4.21. The molecule has 0 spiro atoms. The van der Waals surface area contributed by atoms with Crippen LogP contribution in [0.1, 0.15) is 44.9 Å². The summed E-state index contributed by atoms with van der Waals surface area (Å²) in [5.41, 5.74) is 2.19. The van der Waals surface area contributed by atoms with Crippen molar-refractivity contribution in [3.8, 4) is 11.5 Å². The zero-order valence-corrected chi connectivity index (χ0v) is 23.4. The summed E-state index contributed by atoms with van der Waals surface area (Å²) >= 11 is 2.90. The standard InChI is InChI=1S/C28H30N2O5S2/c1-7-34-25-19(9-8-10-21(25)33-5)15-22-26(31)30-24(18-11-13-20(36-6)14-12-18)23(27(32)35-16(2)3)17(4)29-28(30)37-22/h8-16,24H,7H2,1-6H3/b22-15-/t24-/m0/s1. The maximum Gasteiger partial charge on any atom is 0.338 e. The molecule has 1 aliphatic rings. The average molecular weight is 539 g/mol. The van der Waals surface area contributed by atoms with Crippen LogP contribution in [0.4, 0.5) is 0 Å². The number of benzene rings is 2. The van der Waals surface area contributed by atoms with E-state index < -0.39 is 12.0 Å². The van der Waals surface area contributed by atoms with Crippen LogP contribution in [0.2, 0.25) is 0 Å². The zero-order valence-electron chi connectivity index (χ0n) is 21.7. The van der Waals surface area contributed by atoms with E-state index in [1.165, 1.54) is 11.3 Å². The van der Waals surface area contributed by atoms with Crippen LogP contribution < -0.4 is 24.4 Å². The van der Waals surface area contributed by atoms with Gasteiger partial charge in [0.25, 0.3) is 5.56 Å². The molecule has 0 fully saturated rings. The number of carbonyl (C=O) groups excluding carboxylic acids is 1. The van der Waals surface area contributed by atoms with Gasteiger partial charge < -0.3 is 14.2 Å². The molecule has 1 atom stereocenters. The van der Waals surface area contributed by atoms with Crippen LogP contribution in [0.3, 0.4) is 0 Å². The molecule has 2 aromatic carbocycles. The topological polar surface area (TPSA) is 79.1 Å². The molecule has 0 radical (unpaired) electrons. The van der Waals surface area contributed by atoms with Gasteiger partial charge in [-0.3, -0.25) is 9.36 Å². The lowest BCUT2D eigenvalue weighted by Gasteiger charge is -2.25. The summed E-state index contributed by atoms with van der Waals surface area (Å²) in [5.74, 6) is 0.681. The predicted molar refractivity (Wildman–Crippen MR) is 147 cm³/mol. The molecule has 0 saturated carbocycles. The Bertz CT molecular complexity index is 1520.